The maximum Gasteiger partial charge on any atom is 2.00 e. The number of hydrogen-bond acceptors (Lipinski definition) is 4. The molecular formula is C34H66CaO4. The number of carbonyl (C=O) groups is 2. The monoisotopic (exact) mass is 578 g/mol. The number of carboxylic acids is 2. The Kier molecular flexibility index (Phi) is 45.2. The fourth-order valence-corrected chi connectivity index (χ4v) is 4.93. The molecule has 0 spiro atoms. The summed E-state index contributed by atoms with van der Waals surface area (Å²) in [6.07, 6.45) is 36.8. The quantitative estimate of drug-likeness (QED) is 0.0630. The van der Waals surface area contributed by atoms with E-state index in [4.69, 9.17) is 0 Å². The molecule has 0 atom stereocenters. The molecule has 0 aromatic carbocycles. The van der Waals surface area contributed by atoms with E-state index >= 15 is 0 Å². The zero-order valence-electron chi connectivity index (χ0n) is 26.6. The summed E-state index contributed by atoms with van der Waals surface area (Å²) in [5, 5.41) is 20.4. The number of rotatable bonds is 30. The van der Waals surface area contributed by atoms with Crippen LogP contribution in [0.15, 0.2) is 0 Å². The topological polar surface area (TPSA) is 80.3 Å². The summed E-state index contributed by atoms with van der Waals surface area (Å²) in [5.41, 5.74) is 0. The van der Waals surface area contributed by atoms with Crippen molar-refractivity contribution in [2.24, 2.45) is 0 Å². The molecule has 0 aliphatic heterocycles. The fraction of sp³-hybridized carbons (Fsp3) is 0.941. The zero-order chi connectivity index (χ0) is 28.4. The first kappa shape index (κ1) is 43.7. The molecule has 39 heavy (non-hydrogen) atoms. The molecule has 5 heteroatoms. The van der Waals surface area contributed by atoms with Crippen molar-refractivity contribution in [3.05, 3.63) is 0 Å². The number of hydrogen-bond donors (Lipinski definition) is 0. The standard InChI is InChI=1S/2C17H34O2.Ca/c2*1-2-3-4-5-6-7-8-9-10-11-12-13-14-15-16-17(18)19;/h2*2-16H2,1H3,(H,18,19);/q;;+2/p-2. The van der Waals surface area contributed by atoms with E-state index in [-0.39, 0.29) is 50.6 Å². The third-order valence-electron chi connectivity index (χ3n) is 7.47. The van der Waals surface area contributed by atoms with Crippen molar-refractivity contribution in [2.45, 2.75) is 206 Å². The maximum absolute atomic E-state index is 10.2. The van der Waals surface area contributed by atoms with Gasteiger partial charge < -0.3 is 19.8 Å². The molecule has 4 nitrogen and oxygen atoms in total. The summed E-state index contributed by atoms with van der Waals surface area (Å²) in [7, 11) is 0. The first-order valence-corrected chi connectivity index (χ1v) is 16.9. The first-order chi connectivity index (χ1) is 18.5. The minimum absolute atomic E-state index is 0. The van der Waals surface area contributed by atoms with Gasteiger partial charge in [-0.25, -0.2) is 0 Å². The molecule has 0 saturated carbocycles. The number of carboxylic acid groups (broad SMARTS) is 2. The molecule has 0 aliphatic carbocycles. The largest absolute Gasteiger partial charge is 2.00 e. The van der Waals surface area contributed by atoms with Gasteiger partial charge in [-0.2, -0.15) is 0 Å². The number of aliphatic carboxylic acids is 2. The second-order valence-electron chi connectivity index (χ2n) is 11.4. The van der Waals surface area contributed by atoms with Crippen LogP contribution in [0, 0.1) is 0 Å². The average molecular weight is 579 g/mol. The van der Waals surface area contributed by atoms with E-state index in [9.17, 15) is 19.8 Å². The third-order valence-corrected chi connectivity index (χ3v) is 7.47. The molecule has 0 unspecified atom stereocenters. The second kappa shape index (κ2) is 40.3. The molecular weight excluding hydrogens is 512 g/mol. The number of carbonyl (C=O) groups excluding carboxylic acids is 2. The summed E-state index contributed by atoms with van der Waals surface area (Å²) < 4.78 is 0. The van der Waals surface area contributed by atoms with Crippen LogP contribution in [0.5, 0.6) is 0 Å². The fourth-order valence-electron chi connectivity index (χ4n) is 4.93. The minimum atomic E-state index is -0.904. The summed E-state index contributed by atoms with van der Waals surface area (Å²) in [6.45, 7) is 4.52. The Morgan fingerprint density at radius 2 is 0.487 bits per heavy atom. The summed E-state index contributed by atoms with van der Waals surface area (Å²) >= 11 is 0. The molecule has 0 heterocycles. The molecule has 0 aromatic heterocycles. The van der Waals surface area contributed by atoms with Crippen molar-refractivity contribution in [1.29, 1.82) is 0 Å². The molecule has 0 amide bonds. The molecule has 0 aromatic rings. The van der Waals surface area contributed by atoms with Crippen molar-refractivity contribution in [3.8, 4) is 0 Å². The van der Waals surface area contributed by atoms with Crippen LogP contribution in [0.25, 0.3) is 0 Å². The van der Waals surface area contributed by atoms with Gasteiger partial charge in [-0.3, -0.25) is 0 Å². The Morgan fingerprint density at radius 3 is 0.641 bits per heavy atom. The summed E-state index contributed by atoms with van der Waals surface area (Å²) in [4.78, 5) is 20.4. The van der Waals surface area contributed by atoms with Gasteiger partial charge >= 0.3 is 37.7 Å². The smallest absolute Gasteiger partial charge is 0.550 e. The molecule has 0 radical (unpaired) electrons. The van der Waals surface area contributed by atoms with E-state index in [0.29, 0.717) is 0 Å². The predicted octanol–water partition coefficient (Wildman–Crippen LogP) is 8.83. The average Bonchev–Trinajstić information content (AvgIpc) is 2.89. The van der Waals surface area contributed by atoms with Gasteiger partial charge in [0.15, 0.2) is 0 Å². The van der Waals surface area contributed by atoms with Gasteiger partial charge in [0.2, 0.25) is 0 Å². The van der Waals surface area contributed by atoms with E-state index in [0.717, 1.165) is 25.7 Å². The van der Waals surface area contributed by atoms with Crippen molar-refractivity contribution in [1.82, 2.24) is 0 Å². The van der Waals surface area contributed by atoms with Gasteiger partial charge in [-0.15, -0.1) is 0 Å². The van der Waals surface area contributed by atoms with Gasteiger partial charge in [0, 0.05) is 11.9 Å². The van der Waals surface area contributed by atoms with Gasteiger partial charge in [0.25, 0.3) is 0 Å². The van der Waals surface area contributed by atoms with Crippen LogP contribution < -0.4 is 10.2 Å². The van der Waals surface area contributed by atoms with Crippen LogP contribution in [-0.2, 0) is 9.59 Å². The molecule has 0 bridgehead atoms. The Labute approximate surface area is 274 Å². The maximum atomic E-state index is 10.2. The van der Waals surface area contributed by atoms with Gasteiger partial charge in [-0.05, 0) is 25.7 Å². The molecule has 228 valence electrons. The van der Waals surface area contributed by atoms with Crippen LogP contribution in [0.3, 0.4) is 0 Å². The minimum Gasteiger partial charge on any atom is -0.550 e. The molecule has 0 aliphatic rings. The van der Waals surface area contributed by atoms with E-state index in [1.165, 1.54) is 154 Å². The zero-order valence-corrected chi connectivity index (χ0v) is 28.8. The van der Waals surface area contributed by atoms with Crippen LogP contribution >= 0.6 is 0 Å². The van der Waals surface area contributed by atoms with E-state index in [1.54, 1.807) is 0 Å². The normalized spacial score (nSPS) is 10.5. The second-order valence-corrected chi connectivity index (χ2v) is 11.4. The SMILES string of the molecule is CCCCCCCCCCCCCCCCC(=O)[O-].CCCCCCCCCCCCCCCCC(=O)[O-].[Ca+2]. The Morgan fingerprint density at radius 1 is 0.333 bits per heavy atom. The first-order valence-electron chi connectivity index (χ1n) is 16.9. The van der Waals surface area contributed by atoms with Crippen LogP contribution in [-0.4, -0.2) is 49.7 Å². The van der Waals surface area contributed by atoms with Gasteiger partial charge in [0.05, 0.1) is 0 Å². The van der Waals surface area contributed by atoms with Crippen LogP contribution in [0.4, 0.5) is 0 Å². The third kappa shape index (κ3) is 48.3. The summed E-state index contributed by atoms with van der Waals surface area (Å²) in [6, 6.07) is 0. The van der Waals surface area contributed by atoms with Crippen molar-refractivity contribution in [2.75, 3.05) is 0 Å². The Balaban J connectivity index is -0.000000648. The van der Waals surface area contributed by atoms with Gasteiger partial charge in [0.1, 0.15) is 0 Å². The molecule has 0 rings (SSSR count). The van der Waals surface area contributed by atoms with E-state index in [1.807, 2.05) is 0 Å². The molecule has 0 N–H and O–H groups in total. The Bertz CT molecular complexity index is 428. The van der Waals surface area contributed by atoms with E-state index < -0.39 is 11.9 Å². The van der Waals surface area contributed by atoms with Crippen molar-refractivity contribution in [3.63, 3.8) is 0 Å². The number of unbranched alkanes of at least 4 members (excludes halogenated alkanes) is 26. The van der Waals surface area contributed by atoms with Crippen molar-refractivity contribution < 1.29 is 19.8 Å². The molecule has 0 saturated heterocycles. The predicted molar refractivity (Wildman–Crippen MR) is 166 cm³/mol. The molecule has 0 fully saturated rings. The van der Waals surface area contributed by atoms with Crippen molar-refractivity contribution >= 4 is 49.7 Å². The van der Waals surface area contributed by atoms with Gasteiger partial charge in [-0.1, -0.05) is 181 Å². The van der Waals surface area contributed by atoms with Crippen LogP contribution in [0.2, 0.25) is 0 Å². The Hall–Kier alpha value is 0.200. The van der Waals surface area contributed by atoms with Crippen LogP contribution in [0.1, 0.15) is 206 Å². The summed E-state index contributed by atoms with van der Waals surface area (Å²) in [5.74, 6) is -1.81. The van der Waals surface area contributed by atoms with E-state index in [2.05, 4.69) is 13.8 Å².